The number of phenolic OH excluding ortho intramolecular Hbond substituents is 23. The molecule has 1 aliphatic rings. The van der Waals surface area contributed by atoms with E-state index in [0.717, 1.165) is 20.8 Å². The zero-order valence-corrected chi connectivity index (χ0v) is 66.0. The zero-order valence-electron chi connectivity index (χ0n) is 66.0. The monoisotopic (exact) mass is 1840 g/mol. The molecule has 0 amide bonds. The highest BCUT2D eigenvalue weighted by atomic mass is 16.8. The third-order valence-electron chi connectivity index (χ3n) is 17.4. The maximum atomic E-state index is 15.4. The number of carboxylic acids is 1. The molecule has 5 atom stereocenters. The quantitative estimate of drug-likeness (QED) is 0.0166. The molecular weight excluding hydrogens is 1780 g/mol. The zero-order chi connectivity index (χ0) is 97.5. The van der Waals surface area contributed by atoms with E-state index in [1.807, 2.05) is 0 Å². The fraction of sp³-hybridized carbons (Fsp3) is 0.110. The summed E-state index contributed by atoms with van der Waals surface area (Å²) in [7, 11) is 0. The first-order valence-corrected chi connectivity index (χ1v) is 35.9. The molecule has 0 bridgehead atoms. The number of carbonyl (C=O) groups is 13. The summed E-state index contributed by atoms with van der Waals surface area (Å²) in [4.78, 5) is 176. The van der Waals surface area contributed by atoms with Crippen LogP contribution in [0.3, 0.4) is 0 Å². The number of carbonyl (C=O) groups excluding carboxylic acids is 12. The van der Waals surface area contributed by atoms with Gasteiger partial charge in [0.25, 0.3) is 5.97 Å². The summed E-state index contributed by atoms with van der Waals surface area (Å²) in [5.41, 5.74) is -10.0. The van der Waals surface area contributed by atoms with Crippen molar-refractivity contribution in [1.29, 1.82) is 0 Å². The van der Waals surface area contributed by atoms with Gasteiger partial charge in [0.05, 0.1) is 55.6 Å². The van der Waals surface area contributed by atoms with E-state index in [4.69, 9.17) is 71.5 Å². The van der Waals surface area contributed by atoms with E-state index >= 15 is 19.2 Å². The molecule has 1 saturated heterocycles. The Morgan fingerprint density at radius 1 is 0.227 bits per heavy atom. The summed E-state index contributed by atoms with van der Waals surface area (Å²) in [6.07, 6.45) is -15.2. The Kier molecular flexibility index (Phi) is 27.6. The smallest absolute Gasteiger partial charge is 0.343 e. The molecule has 0 radical (unpaired) electrons. The maximum Gasteiger partial charge on any atom is 0.343 e. The molecular formula is C82H60O50. The van der Waals surface area contributed by atoms with Crippen molar-refractivity contribution >= 4 is 77.6 Å². The summed E-state index contributed by atoms with van der Waals surface area (Å²) in [6.45, 7) is 1.01. The van der Waals surface area contributed by atoms with E-state index < -0.39 is 343 Å². The normalized spacial score (nSPS) is 14.2. The molecule has 0 aliphatic carbocycles. The second-order valence-electron chi connectivity index (χ2n) is 26.8. The Balaban J connectivity index is 0.00000443. The number of aromatic hydroxyl groups is 23. The number of hydrogen-bond donors (Lipinski definition) is 24. The number of benzene rings is 10. The van der Waals surface area contributed by atoms with Gasteiger partial charge in [0.1, 0.15) is 12.7 Å². The van der Waals surface area contributed by atoms with Crippen LogP contribution in [0.5, 0.6) is 172 Å². The highest BCUT2D eigenvalue weighted by Gasteiger charge is 2.55. The van der Waals surface area contributed by atoms with Crippen molar-refractivity contribution in [3.63, 3.8) is 0 Å². The lowest BCUT2D eigenvalue weighted by atomic mass is 9.97. The van der Waals surface area contributed by atoms with Gasteiger partial charge >= 0.3 is 71.6 Å². The summed E-state index contributed by atoms with van der Waals surface area (Å²) >= 11 is 0. The van der Waals surface area contributed by atoms with Gasteiger partial charge in [-0.15, -0.1) is 0 Å². The lowest BCUT2D eigenvalue weighted by Crippen LogP contribution is -2.63. The van der Waals surface area contributed by atoms with Crippen LogP contribution in [0.2, 0.25) is 0 Å². The first kappa shape index (κ1) is 94.9. The van der Waals surface area contributed by atoms with Gasteiger partial charge in [0.2, 0.25) is 52.6 Å². The summed E-state index contributed by atoms with van der Waals surface area (Å²) in [5.74, 6) is -58.9. The van der Waals surface area contributed by atoms with Gasteiger partial charge in [-0.25, -0.2) is 47.9 Å². The van der Waals surface area contributed by atoms with E-state index in [1.54, 1.807) is 0 Å². The minimum Gasteiger partial charge on any atom is -0.504 e. The third kappa shape index (κ3) is 21.4. The number of phenols is 23. The first-order chi connectivity index (χ1) is 61.9. The molecule has 0 unspecified atom stereocenters. The fourth-order valence-electron chi connectivity index (χ4n) is 11.3. The second kappa shape index (κ2) is 38.4. The van der Waals surface area contributed by atoms with E-state index in [9.17, 15) is 156 Å². The average Bonchev–Trinajstić information content (AvgIpc) is 0.766. The van der Waals surface area contributed by atoms with Crippen molar-refractivity contribution in [2.45, 2.75) is 51.5 Å². The summed E-state index contributed by atoms with van der Waals surface area (Å²) in [6, 6.07) is 8.64. The minimum atomic E-state index is -3.15. The number of aliphatic carboxylic acids is 1. The van der Waals surface area contributed by atoms with Crippen molar-refractivity contribution in [2.24, 2.45) is 0 Å². The van der Waals surface area contributed by atoms with Crippen LogP contribution in [0, 0.1) is 0 Å². The number of hydrogen-bond acceptors (Lipinski definition) is 49. The number of ether oxygens (including phenoxy) is 13. The average molecular weight is 1850 g/mol. The molecule has 11 rings (SSSR count). The minimum absolute atomic E-state index is 0.287. The van der Waals surface area contributed by atoms with Gasteiger partial charge in [-0.2, -0.15) is 0 Å². The third-order valence-corrected chi connectivity index (χ3v) is 17.4. The van der Waals surface area contributed by atoms with Crippen LogP contribution in [-0.4, -0.2) is 237 Å². The van der Waals surface area contributed by atoms with Gasteiger partial charge in [-0.3, -0.25) is 14.4 Å². The van der Waals surface area contributed by atoms with Gasteiger partial charge in [0.15, 0.2) is 144 Å². The molecule has 50 nitrogen and oxygen atoms in total. The molecule has 10 aromatic rings. The lowest BCUT2D eigenvalue weighted by molar-refractivity contribution is -0.282. The summed E-state index contributed by atoms with van der Waals surface area (Å²) in [5, 5.41) is 251. The molecule has 688 valence electrons. The highest BCUT2D eigenvalue weighted by molar-refractivity contribution is 6.00. The molecule has 1 heterocycles. The standard InChI is InChI=1S/C80H56O48.C2H4O2/c1-24(81)117-49-17-30(10-43(90)60(49)99)74(110)122-54-21-34(14-47(94)65(54)104)78(114)127-69-68(126-77(113)33-13-46(93)64(103)53(20-33)121-73(109)28-7-40(87)59(98)41(88)8-28)67(125-76(112)32-12-45(92)63(102)52(19-32)120-72(108)27-5-38(85)58(97)39(86)6-27)56(23-116-70(106)29-9-42(89)62(101)51(16-29)119-71(107)26-3-36(83)57(96)37(84)4-26)124-80(69)128-79(115)35-15-48(95)66(105)55(22-35)123-75(111)31-11-44(91)61(100)50(18-31)118-25(2)82;1-2(3)4/h3-22,56,67-69,80,83-105H,23H2,1-2H3;1H3,(H,3,4)/t56-,67-,68+,69-,80+;/m0./s1. The number of carboxylic acid groups (broad SMARTS) is 1. The SMILES string of the molecule is CC(=O)O.CC(=O)Oc1cc(C(=O)Oc2cc(C(=O)O[C@H]3O[C@@H](COC(=O)c4cc(O)c(O)c(OC(=O)c5cc(O)c(O)c(O)c5)c4)[C@H](OC(=O)c4cc(O)c(O)c(OC(=O)c5cc(O)c(O)c(O)c5)c4)[C@@H](OC(=O)c4cc(O)c(O)c(OC(=O)c5cc(O)c(O)c(O)c5)c4)[C@@H]3OC(=O)c3cc(O)c(O)c(OC(=O)c4cc(O)c(O)c(OC(C)=O)c4)c3)cc(O)c2O)cc(O)c1O. The fourth-order valence-corrected chi connectivity index (χ4v) is 11.3. The van der Waals surface area contributed by atoms with Crippen molar-refractivity contribution in [1.82, 2.24) is 0 Å². The van der Waals surface area contributed by atoms with Crippen LogP contribution >= 0.6 is 0 Å². The Labute approximate surface area is 729 Å². The highest BCUT2D eigenvalue weighted by Crippen LogP contribution is 2.48. The van der Waals surface area contributed by atoms with Gasteiger partial charge in [-0.1, -0.05) is 0 Å². The Bertz CT molecular complexity index is 6410. The summed E-state index contributed by atoms with van der Waals surface area (Å²) < 4.78 is 70.4. The molecule has 132 heavy (non-hydrogen) atoms. The van der Waals surface area contributed by atoms with Crippen molar-refractivity contribution < 1.29 is 246 Å². The first-order valence-electron chi connectivity index (χ1n) is 35.9. The molecule has 10 aromatic carbocycles. The maximum absolute atomic E-state index is 15.4. The van der Waals surface area contributed by atoms with Crippen LogP contribution in [0.25, 0.3) is 0 Å². The molecule has 1 aliphatic heterocycles. The predicted octanol–water partition coefficient (Wildman–Crippen LogP) is 5.37. The van der Waals surface area contributed by atoms with Crippen LogP contribution in [0.1, 0.15) is 124 Å². The van der Waals surface area contributed by atoms with Gasteiger partial charge in [0, 0.05) is 20.8 Å². The number of rotatable bonds is 23. The van der Waals surface area contributed by atoms with Gasteiger partial charge < -0.3 is 184 Å². The molecule has 24 N–H and O–H groups in total. The van der Waals surface area contributed by atoms with E-state index in [0.29, 0.717) is 115 Å². The Morgan fingerprint density at radius 2 is 0.402 bits per heavy atom. The predicted molar refractivity (Wildman–Crippen MR) is 415 cm³/mol. The van der Waals surface area contributed by atoms with Gasteiger partial charge in [-0.05, 0) is 121 Å². The van der Waals surface area contributed by atoms with Crippen LogP contribution < -0.4 is 33.2 Å². The number of esters is 12. The van der Waals surface area contributed by atoms with Crippen molar-refractivity contribution in [3.05, 3.63) is 177 Å². The van der Waals surface area contributed by atoms with E-state index in [2.05, 4.69) is 0 Å². The second-order valence-corrected chi connectivity index (χ2v) is 26.8. The molecule has 0 aromatic heterocycles. The largest absolute Gasteiger partial charge is 0.504 e. The van der Waals surface area contributed by atoms with Crippen LogP contribution in [-0.2, 0) is 42.8 Å². The van der Waals surface area contributed by atoms with Crippen LogP contribution in [0.15, 0.2) is 121 Å². The van der Waals surface area contributed by atoms with E-state index in [-0.39, 0.29) is 6.07 Å². The van der Waals surface area contributed by atoms with Crippen LogP contribution in [0.4, 0.5) is 0 Å². The lowest BCUT2D eigenvalue weighted by Gasteiger charge is -2.43. The Hall–Kier alpha value is -19.3. The molecule has 1 fully saturated rings. The van der Waals surface area contributed by atoms with Crippen molar-refractivity contribution in [3.8, 4) is 172 Å². The topological polar surface area (TPSA) is 827 Å². The van der Waals surface area contributed by atoms with Crippen molar-refractivity contribution in [2.75, 3.05) is 6.61 Å². The Morgan fingerprint density at radius 3 is 0.629 bits per heavy atom. The molecule has 0 spiro atoms. The molecule has 0 saturated carbocycles. The van der Waals surface area contributed by atoms with E-state index in [1.165, 1.54) is 0 Å². The molecule has 50 heteroatoms.